The van der Waals surface area contributed by atoms with E-state index in [1.807, 2.05) is 60.0 Å². The molecule has 0 aliphatic rings. The molecule has 3 rings (SSSR count). The number of amides is 1. The van der Waals surface area contributed by atoms with E-state index in [0.717, 1.165) is 29.6 Å². The lowest BCUT2D eigenvalue weighted by Gasteiger charge is -2.10. The van der Waals surface area contributed by atoms with Gasteiger partial charge in [0.1, 0.15) is 5.75 Å². The number of rotatable bonds is 6. The van der Waals surface area contributed by atoms with Gasteiger partial charge in [0.25, 0.3) is 5.91 Å². The Bertz CT molecular complexity index is 837. The third-order valence-electron chi connectivity index (χ3n) is 3.74. The van der Waals surface area contributed by atoms with E-state index in [1.165, 1.54) is 0 Å². The maximum atomic E-state index is 12.2. The topological polar surface area (TPSA) is 56.2 Å². The fourth-order valence-corrected chi connectivity index (χ4v) is 2.57. The fourth-order valence-electron chi connectivity index (χ4n) is 2.57. The molecule has 24 heavy (non-hydrogen) atoms. The van der Waals surface area contributed by atoms with E-state index in [4.69, 9.17) is 4.74 Å². The lowest BCUT2D eigenvalue weighted by atomic mass is 10.2. The normalized spacial score (nSPS) is 10.8. The van der Waals surface area contributed by atoms with Crippen molar-refractivity contribution in [3.63, 3.8) is 0 Å². The SMILES string of the molecule is CCCn1c(NC(=O)COc2ccc(C)cc2)nc2ccccc21. The number of hydrogen-bond donors (Lipinski definition) is 1. The molecule has 3 aromatic rings. The summed E-state index contributed by atoms with van der Waals surface area (Å²) in [5.74, 6) is 1.02. The van der Waals surface area contributed by atoms with E-state index >= 15 is 0 Å². The summed E-state index contributed by atoms with van der Waals surface area (Å²) in [6.07, 6.45) is 0.961. The van der Waals surface area contributed by atoms with Crippen LogP contribution in [0, 0.1) is 6.92 Å². The number of fused-ring (bicyclic) bond motifs is 1. The summed E-state index contributed by atoms with van der Waals surface area (Å²) in [6.45, 7) is 4.86. The first-order valence-electron chi connectivity index (χ1n) is 8.12. The van der Waals surface area contributed by atoms with Gasteiger partial charge in [-0.3, -0.25) is 10.1 Å². The van der Waals surface area contributed by atoms with Gasteiger partial charge < -0.3 is 9.30 Å². The molecule has 124 valence electrons. The summed E-state index contributed by atoms with van der Waals surface area (Å²) >= 11 is 0. The average molecular weight is 323 g/mol. The van der Waals surface area contributed by atoms with Gasteiger partial charge in [0.2, 0.25) is 5.95 Å². The molecule has 1 heterocycles. The second kappa shape index (κ2) is 7.17. The summed E-state index contributed by atoms with van der Waals surface area (Å²) in [4.78, 5) is 16.7. The van der Waals surface area contributed by atoms with Crippen LogP contribution in [-0.4, -0.2) is 22.1 Å². The van der Waals surface area contributed by atoms with Crippen LogP contribution in [0.4, 0.5) is 5.95 Å². The largest absolute Gasteiger partial charge is 0.484 e. The maximum Gasteiger partial charge on any atom is 0.264 e. The van der Waals surface area contributed by atoms with Crippen molar-refractivity contribution >= 4 is 22.9 Å². The monoisotopic (exact) mass is 323 g/mol. The zero-order chi connectivity index (χ0) is 16.9. The summed E-state index contributed by atoms with van der Waals surface area (Å²) < 4.78 is 7.55. The third kappa shape index (κ3) is 3.56. The predicted octanol–water partition coefficient (Wildman–Crippen LogP) is 3.77. The Morgan fingerprint density at radius 2 is 1.92 bits per heavy atom. The van der Waals surface area contributed by atoms with Crippen LogP contribution >= 0.6 is 0 Å². The van der Waals surface area contributed by atoms with Crippen molar-refractivity contribution in [3.8, 4) is 5.75 Å². The summed E-state index contributed by atoms with van der Waals surface area (Å²) in [7, 11) is 0. The maximum absolute atomic E-state index is 12.2. The highest BCUT2D eigenvalue weighted by molar-refractivity contribution is 5.92. The van der Waals surface area contributed by atoms with Crippen molar-refractivity contribution in [3.05, 3.63) is 54.1 Å². The Balaban J connectivity index is 1.70. The van der Waals surface area contributed by atoms with Gasteiger partial charge >= 0.3 is 0 Å². The highest BCUT2D eigenvalue weighted by atomic mass is 16.5. The number of para-hydroxylation sites is 2. The van der Waals surface area contributed by atoms with Gasteiger partial charge in [-0.05, 0) is 37.6 Å². The van der Waals surface area contributed by atoms with Gasteiger partial charge in [-0.2, -0.15) is 0 Å². The van der Waals surface area contributed by atoms with E-state index in [-0.39, 0.29) is 12.5 Å². The first-order chi connectivity index (χ1) is 11.7. The Labute approximate surface area is 141 Å². The number of ether oxygens (including phenoxy) is 1. The summed E-state index contributed by atoms with van der Waals surface area (Å²) in [5, 5.41) is 2.85. The first-order valence-corrected chi connectivity index (χ1v) is 8.12. The van der Waals surface area contributed by atoms with Crippen LogP contribution in [0.15, 0.2) is 48.5 Å². The van der Waals surface area contributed by atoms with E-state index in [1.54, 1.807) is 0 Å². The number of benzene rings is 2. The number of hydrogen-bond acceptors (Lipinski definition) is 3. The number of carbonyl (C=O) groups excluding carboxylic acids is 1. The lowest BCUT2D eigenvalue weighted by molar-refractivity contribution is -0.118. The number of nitrogens with one attached hydrogen (secondary N) is 1. The van der Waals surface area contributed by atoms with Crippen LogP contribution in [0.2, 0.25) is 0 Å². The smallest absolute Gasteiger partial charge is 0.264 e. The summed E-state index contributed by atoms with van der Waals surface area (Å²) in [6, 6.07) is 15.5. The van der Waals surface area contributed by atoms with Crippen molar-refractivity contribution < 1.29 is 9.53 Å². The molecule has 0 spiro atoms. The molecular weight excluding hydrogens is 302 g/mol. The Morgan fingerprint density at radius 1 is 1.17 bits per heavy atom. The second-order valence-corrected chi connectivity index (χ2v) is 5.73. The van der Waals surface area contributed by atoms with Crippen LogP contribution in [0.25, 0.3) is 11.0 Å². The minimum atomic E-state index is -0.219. The highest BCUT2D eigenvalue weighted by Gasteiger charge is 2.13. The van der Waals surface area contributed by atoms with E-state index in [2.05, 4.69) is 17.2 Å². The van der Waals surface area contributed by atoms with Crippen molar-refractivity contribution in [2.24, 2.45) is 0 Å². The predicted molar refractivity (Wildman–Crippen MR) is 95.3 cm³/mol. The van der Waals surface area contributed by atoms with Crippen LogP contribution in [0.3, 0.4) is 0 Å². The van der Waals surface area contributed by atoms with Crippen LogP contribution < -0.4 is 10.1 Å². The lowest BCUT2D eigenvalue weighted by Crippen LogP contribution is -2.22. The zero-order valence-electron chi connectivity index (χ0n) is 14.0. The minimum Gasteiger partial charge on any atom is -0.484 e. The molecule has 0 radical (unpaired) electrons. The summed E-state index contributed by atoms with van der Waals surface area (Å²) in [5.41, 5.74) is 3.05. The van der Waals surface area contributed by atoms with E-state index in [0.29, 0.717) is 11.7 Å². The fraction of sp³-hybridized carbons (Fsp3) is 0.263. The second-order valence-electron chi connectivity index (χ2n) is 5.73. The number of aryl methyl sites for hydroxylation is 2. The van der Waals surface area contributed by atoms with Crippen LogP contribution in [-0.2, 0) is 11.3 Å². The molecule has 0 saturated heterocycles. The Morgan fingerprint density at radius 3 is 2.67 bits per heavy atom. The standard InChI is InChI=1S/C19H21N3O2/c1-3-12-22-17-7-5-4-6-16(17)20-19(22)21-18(23)13-24-15-10-8-14(2)9-11-15/h4-11H,3,12-13H2,1-2H3,(H,20,21,23). The van der Waals surface area contributed by atoms with Crippen molar-refractivity contribution in [2.75, 3.05) is 11.9 Å². The Kier molecular flexibility index (Phi) is 4.79. The van der Waals surface area contributed by atoms with Gasteiger partial charge in [0.15, 0.2) is 6.61 Å². The van der Waals surface area contributed by atoms with Crippen molar-refractivity contribution in [1.29, 1.82) is 0 Å². The molecule has 1 N–H and O–H groups in total. The molecule has 5 heteroatoms. The van der Waals surface area contributed by atoms with Gasteiger partial charge in [-0.1, -0.05) is 36.8 Å². The minimum absolute atomic E-state index is 0.0433. The number of imidazole rings is 1. The van der Waals surface area contributed by atoms with Gasteiger partial charge in [-0.15, -0.1) is 0 Å². The molecule has 0 bridgehead atoms. The number of nitrogens with zero attached hydrogens (tertiary/aromatic N) is 2. The Hall–Kier alpha value is -2.82. The van der Waals surface area contributed by atoms with E-state index in [9.17, 15) is 4.79 Å². The number of aromatic nitrogens is 2. The molecule has 5 nitrogen and oxygen atoms in total. The molecule has 0 aliphatic carbocycles. The molecule has 1 aromatic heterocycles. The molecule has 1 amide bonds. The molecule has 0 aliphatic heterocycles. The average Bonchev–Trinajstić information content (AvgIpc) is 2.92. The molecule has 0 unspecified atom stereocenters. The number of carbonyl (C=O) groups is 1. The van der Waals surface area contributed by atoms with Crippen LogP contribution in [0.5, 0.6) is 5.75 Å². The van der Waals surface area contributed by atoms with Crippen molar-refractivity contribution in [2.45, 2.75) is 26.8 Å². The molecular formula is C19H21N3O2. The molecule has 0 saturated carbocycles. The first kappa shape index (κ1) is 16.1. The zero-order valence-corrected chi connectivity index (χ0v) is 14.0. The molecule has 2 aromatic carbocycles. The molecule has 0 atom stereocenters. The quantitative estimate of drug-likeness (QED) is 0.751. The van der Waals surface area contributed by atoms with Crippen molar-refractivity contribution in [1.82, 2.24) is 9.55 Å². The van der Waals surface area contributed by atoms with Gasteiger partial charge in [-0.25, -0.2) is 4.98 Å². The van der Waals surface area contributed by atoms with E-state index < -0.39 is 0 Å². The number of anilines is 1. The van der Waals surface area contributed by atoms with Gasteiger partial charge in [0.05, 0.1) is 11.0 Å². The van der Waals surface area contributed by atoms with Crippen LogP contribution in [0.1, 0.15) is 18.9 Å². The highest BCUT2D eigenvalue weighted by Crippen LogP contribution is 2.20. The molecule has 0 fully saturated rings. The third-order valence-corrected chi connectivity index (χ3v) is 3.74. The van der Waals surface area contributed by atoms with Gasteiger partial charge in [0, 0.05) is 6.54 Å².